The number of hydrogen-bond donors (Lipinski definition) is 2. The topological polar surface area (TPSA) is 74.9 Å². The summed E-state index contributed by atoms with van der Waals surface area (Å²) in [5, 5.41) is 19.6. The van der Waals surface area contributed by atoms with E-state index in [0.717, 1.165) is 5.56 Å². The summed E-state index contributed by atoms with van der Waals surface area (Å²) in [6.45, 7) is 7.87. The lowest BCUT2D eigenvalue weighted by atomic mass is 9.87. The van der Waals surface area contributed by atoms with Crippen LogP contribution in [0.3, 0.4) is 0 Å². The molecular weight excluding hydrogens is 304 g/mol. The van der Waals surface area contributed by atoms with Crippen LogP contribution in [0.15, 0.2) is 29.4 Å². The fourth-order valence-electron chi connectivity index (χ4n) is 2.31. The second-order valence-corrected chi connectivity index (χ2v) is 6.68. The van der Waals surface area contributed by atoms with Crippen LogP contribution in [-0.4, -0.2) is 28.5 Å². The zero-order valence-electron chi connectivity index (χ0n) is 14.8. The number of benzene rings is 1. The van der Waals surface area contributed by atoms with E-state index >= 15 is 0 Å². The van der Waals surface area contributed by atoms with Gasteiger partial charge in [0.25, 0.3) is 0 Å². The van der Waals surface area contributed by atoms with Crippen molar-refractivity contribution in [2.75, 3.05) is 7.11 Å². The van der Waals surface area contributed by atoms with Gasteiger partial charge in [-0.25, -0.2) is 0 Å². The number of hydrogen-bond acceptors (Lipinski definition) is 5. The molecule has 0 spiro atoms. The summed E-state index contributed by atoms with van der Waals surface area (Å²) >= 11 is 0. The molecule has 5 heteroatoms. The minimum absolute atomic E-state index is 0.0117. The van der Waals surface area contributed by atoms with E-state index in [1.165, 1.54) is 0 Å². The van der Waals surface area contributed by atoms with E-state index in [2.05, 4.69) is 30.7 Å². The second kappa shape index (κ2) is 7.01. The molecule has 0 unspecified atom stereocenters. The third kappa shape index (κ3) is 3.74. The van der Waals surface area contributed by atoms with Gasteiger partial charge in [0.1, 0.15) is 17.2 Å². The Morgan fingerprint density at radius 3 is 2.58 bits per heavy atom. The predicted octanol–water partition coefficient (Wildman–Crippen LogP) is 3.64. The van der Waals surface area contributed by atoms with Crippen LogP contribution in [-0.2, 0) is 12.0 Å². The Bertz CT molecular complexity index is 762. The van der Waals surface area contributed by atoms with E-state index in [4.69, 9.17) is 4.74 Å². The van der Waals surface area contributed by atoms with Crippen molar-refractivity contribution in [1.29, 1.82) is 0 Å². The maximum absolute atomic E-state index is 10.2. The molecule has 0 aliphatic carbocycles. The average molecular weight is 328 g/mol. The molecule has 0 atom stereocenters. The van der Waals surface area contributed by atoms with Crippen LogP contribution in [0.2, 0.25) is 0 Å². The molecule has 0 aliphatic rings. The Hall–Kier alpha value is -2.40. The molecule has 0 amide bonds. The molecule has 0 aliphatic heterocycles. The van der Waals surface area contributed by atoms with Crippen molar-refractivity contribution in [3.8, 4) is 11.5 Å². The van der Waals surface area contributed by atoms with Crippen LogP contribution < -0.4 is 4.74 Å². The first kappa shape index (κ1) is 17.9. The van der Waals surface area contributed by atoms with Gasteiger partial charge in [0.05, 0.1) is 19.4 Å². The molecule has 0 saturated heterocycles. The highest BCUT2D eigenvalue weighted by molar-refractivity contribution is 5.88. The number of rotatable bonds is 4. The van der Waals surface area contributed by atoms with Crippen molar-refractivity contribution in [2.24, 2.45) is 4.99 Å². The Balaban J connectivity index is 2.51. The molecule has 2 aromatic rings. The fourth-order valence-corrected chi connectivity index (χ4v) is 2.31. The number of ether oxygens (including phenoxy) is 1. The van der Waals surface area contributed by atoms with Crippen molar-refractivity contribution in [2.45, 2.75) is 39.7 Å². The Kier molecular flexibility index (Phi) is 5.24. The van der Waals surface area contributed by atoms with Crippen LogP contribution >= 0.6 is 0 Å². The van der Waals surface area contributed by atoms with Gasteiger partial charge in [0.15, 0.2) is 0 Å². The van der Waals surface area contributed by atoms with Crippen molar-refractivity contribution in [3.63, 3.8) is 0 Å². The highest BCUT2D eigenvalue weighted by Crippen LogP contribution is 2.33. The summed E-state index contributed by atoms with van der Waals surface area (Å²) in [5.41, 5.74) is 3.27. The molecule has 1 aromatic carbocycles. The van der Waals surface area contributed by atoms with Gasteiger partial charge in [-0.15, -0.1) is 0 Å². The van der Waals surface area contributed by atoms with E-state index in [1.54, 1.807) is 26.4 Å². The lowest BCUT2D eigenvalue weighted by molar-refractivity contribution is 0.280. The van der Waals surface area contributed by atoms with Gasteiger partial charge < -0.3 is 14.9 Å². The number of aromatic nitrogens is 1. The number of aliphatic imine (C=N–C) groups is 1. The number of methoxy groups -OCH3 is 1. The van der Waals surface area contributed by atoms with Gasteiger partial charge in [0, 0.05) is 23.5 Å². The van der Waals surface area contributed by atoms with Gasteiger partial charge in [-0.3, -0.25) is 9.98 Å². The van der Waals surface area contributed by atoms with Gasteiger partial charge in [-0.05, 0) is 30.0 Å². The minimum atomic E-state index is -0.221. The van der Waals surface area contributed by atoms with E-state index in [0.29, 0.717) is 28.3 Å². The Morgan fingerprint density at radius 1 is 1.29 bits per heavy atom. The number of nitrogens with zero attached hydrogens (tertiary/aromatic N) is 2. The summed E-state index contributed by atoms with van der Waals surface area (Å²) in [4.78, 5) is 8.53. The normalized spacial score (nSPS) is 11.9. The number of aliphatic hydroxyl groups is 1. The van der Waals surface area contributed by atoms with Gasteiger partial charge in [-0.2, -0.15) is 0 Å². The van der Waals surface area contributed by atoms with E-state index < -0.39 is 0 Å². The second-order valence-electron chi connectivity index (χ2n) is 6.68. The third-order valence-electron chi connectivity index (χ3n) is 3.91. The first-order valence-corrected chi connectivity index (χ1v) is 7.78. The number of pyridine rings is 1. The van der Waals surface area contributed by atoms with Crippen LogP contribution in [0.1, 0.15) is 43.2 Å². The smallest absolute Gasteiger partial charge is 0.145 e. The molecule has 128 valence electrons. The van der Waals surface area contributed by atoms with Crippen molar-refractivity contribution in [1.82, 2.24) is 4.98 Å². The number of aryl methyl sites for hydroxylation is 1. The quantitative estimate of drug-likeness (QED) is 0.840. The maximum Gasteiger partial charge on any atom is 0.145 e. The SMILES string of the molecule is COc1ccc(C(C)(C)C)cc1N=Cc1c(CO)cnc(C)c1O. The molecule has 0 fully saturated rings. The molecule has 0 radical (unpaired) electrons. The molecule has 24 heavy (non-hydrogen) atoms. The first-order valence-electron chi connectivity index (χ1n) is 7.78. The molecule has 2 N–H and O–H groups in total. The van der Waals surface area contributed by atoms with E-state index in [9.17, 15) is 10.2 Å². The molecule has 1 aromatic heterocycles. The van der Waals surface area contributed by atoms with Crippen LogP contribution in [0, 0.1) is 6.92 Å². The van der Waals surface area contributed by atoms with Crippen LogP contribution in [0.5, 0.6) is 11.5 Å². The maximum atomic E-state index is 10.2. The fraction of sp³-hybridized carbons (Fsp3) is 0.368. The van der Waals surface area contributed by atoms with Crippen molar-refractivity contribution >= 4 is 11.9 Å². The minimum Gasteiger partial charge on any atom is -0.505 e. The lowest BCUT2D eigenvalue weighted by Gasteiger charge is -2.20. The van der Waals surface area contributed by atoms with Crippen molar-refractivity contribution < 1.29 is 14.9 Å². The molecule has 0 saturated carbocycles. The van der Waals surface area contributed by atoms with Crippen molar-refractivity contribution in [3.05, 3.63) is 46.8 Å². The Labute approximate surface area is 142 Å². The zero-order valence-corrected chi connectivity index (χ0v) is 14.8. The summed E-state index contributed by atoms with van der Waals surface area (Å²) in [5.74, 6) is 0.673. The monoisotopic (exact) mass is 328 g/mol. The zero-order chi connectivity index (χ0) is 17.9. The molecule has 0 bridgehead atoms. The standard InChI is InChI=1S/C19H24N2O3/c1-12-18(23)15(13(11-22)9-20-12)10-21-16-8-14(19(2,3)4)6-7-17(16)24-5/h6-10,22-23H,11H2,1-5H3. The largest absolute Gasteiger partial charge is 0.505 e. The summed E-state index contributed by atoms with van der Waals surface area (Å²) < 4.78 is 5.37. The highest BCUT2D eigenvalue weighted by atomic mass is 16.5. The molecule has 5 nitrogen and oxygen atoms in total. The summed E-state index contributed by atoms with van der Waals surface area (Å²) in [7, 11) is 1.60. The first-order chi connectivity index (χ1) is 11.3. The van der Waals surface area contributed by atoms with Gasteiger partial charge in [0.2, 0.25) is 0 Å². The molecular formula is C19H24N2O3. The Morgan fingerprint density at radius 2 is 2.00 bits per heavy atom. The van der Waals surface area contributed by atoms with E-state index in [-0.39, 0.29) is 17.8 Å². The van der Waals surface area contributed by atoms with Gasteiger partial charge >= 0.3 is 0 Å². The third-order valence-corrected chi connectivity index (χ3v) is 3.91. The lowest BCUT2D eigenvalue weighted by Crippen LogP contribution is -2.10. The van der Waals surface area contributed by atoms with Crippen LogP contribution in [0.25, 0.3) is 0 Å². The molecule has 1 heterocycles. The number of aliphatic hydroxyl groups excluding tert-OH is 1. The molecule has 2 rings (SSSR count). The summed E-state index contributed by atoms with van der Waals surface area (Å²) in [6.07, 6.45) is 3.08. The predicted molar refractivity (Wildman–Crippen MR) is 95.5 cm³/mol. The van der Waals surface area contributed by atoms with Crippen LogP contribution in [0.4, 0.5) is 5.69 Å². The average Bonchev–Trinajstić information content (AvgIpc) is 2.55. The number of aromatic hydroxyl groups is 1. The van der Waals surface area contributed by atoms with Gasteiger partial charge in [-0.1, -0.05) is 26.8 Å². The highest BCUT2D eigenvalue weighted by Gasteiger charge is 2.16. The van der Waals surface area contributed by atoms with E-state index in [1.807, 2.05) is 18.2 Å². The summed E-state index contributed by atoms with van der Waals surface area (Å²) in [6, 6.07) is 5.88.